The van der Waals surface area contributed by atoms with Crippen molar-refractivity contribution in [3.05, 3.63) is 0 Å². The van der Waals surface area contributed by atoms with Crippen LogP contribution in [0, 0.1) is 5.92 Å². The summed E-state index contributed by atoms with van der Waals surface area (Å²) in [4.78, 5) is 21.9. The molecule has 6 heteroatoms. The number of aliphatic hydroxyl groups excluding tert-OH is 1. The third-order valence-electron chi connectivity index (χ3n) is 2.56. The quantitative estimate of drug-likeness (QED) is 0.491. The molecule has 1 aliphatic rings. The second-order valence-electron chi connectivity index (χ2n) is 4.04. The molecule has 1 saturated carbocycles. The Labute approximate surface area is 94.0 Å². The molecule has 0 aromatic carbocycles. The number of carboxylic acid groups (broad SMARTS) is 1. The van der Waals surface area contributed by atoms with Crippen LogP contribution in [-0.2, 0) is 4.79 Å². The van der Waals surface area contributed by atoms with Gasteiger partial charge in [0.1, 0.15) is 6.04 Å². The van der Waals surface area contributed by atoms with E-state index in [2.05, 4.69) is 10.6 Å². The van der Waals surface area contributed by atoms with Crippen molar-refractivity contribution in [2.24, 2.45) is 5.92 Å². The van der Waals surface area contributed by atoms with Crippen LogP contribution in [0.15, 0.2) is 0 Å². The Balaban J connectivity index is 2.15. The molecule has 0 radical (unpaired) electrons. The van der Waals surface area contributed by atoms with Crippen LogP contribution in [0.4, 0.5) is 4.79 Å². The molecule has 92 valence electrons. The van der Waals surface area contributed by atoms with Crippen LogP contribution in [0.1, 0.15) is 25.7 Å². The molecule has 0 heterocycles. The minimum Gasteiger partial charge on any atom is -0.480 e. The molecule has 0 bridgehead atoms. The predicted molar refractivity (Wildman–Crippen MR) is 57.0 cm³/mol. The molecule has 1 unspecified atom stereocenters. The number of urea groups is 1. The van der Waals surface area contributed by atoms with E-state index in [1.807, 2.05) is 0 Å². The number of carbonyl (C=O) groups excluding carboxylic acids is 1. The van der Waals surface area contributed by atoms with Gasteiger partial charge in [-0.05, 0) is 12.3 Å². The van der Waals surface area contributed by atoms with Crippen LogP contribution in [0.5, 0.6) is 0 Å². The standard InChI is InChI=1S/C10H18N2O4/c13-6-4-8(9(14)15)12-10(16)11-5-3-7-1-2-7/h7-8,13H,1-6H2,(H,14,15)(H2,11,12,16). The Morgan fingerprint density at radius 3 is 2.56 bits per heavy atom. The van der Waals surface area contributed by atoms with E-state index in [4.69, 9.17) is 10.2 Å². The Morgan fingerprint density at radius 1 is 1.38 bits per heavy atom. The number of rotatable bonds is 7. The zero-order valence-electron chi connectivity index (χ0n) is 9.11. The van der Waals surface area contributed by atoms with Crippen LogP contribution in [0.3, 0.4) is 0 Å². The maximum atomic E-state index is 11.3. The third-order valence-corrected chi connectivity index (χ3v) is 2.56. The second-order valence-corrected chi connectivity index (χ2v) is 4.04. The fourth-order valence-corrected chi connectivity index (χ4v) is 1.39. The monoisotopic (exact) mass is 230 g/mol. The fraction of sp³-hybridized carbons (Fsp3) is 0.800. The number of amides is 2. The summed E-state index contributed by atoms with van der Waals surface area (Å²) in [6, 6.07) is -1.51. The number of nitrogens with one attached hydrogen (secondary N) is 2. The van der Waals surface area contributed by atoms with Crippen molar-refractivity contribution < 1.29 is 19.8 Å². The summed E-state index contributed by atoms with van der Waals surface area (Å²) in [6.07, 6.45) is 3.42. The zero-order chi connectivity index (χ0) is 12.0. The first-order chi connectivity index (χ1) is 7.63. The van der Waals surface area contributed by atoms with Gasteiger partial charge in [-0.25, -0.2) is 9.59 Å². The molecule has 4 N–H and O–H groups in total. The van der Waals surface area contributed by atoms with Crippen molar-refractivity contribution >= 4 is 12.0 Å². The van der Waals surface area contributed by atoms with Gasteiger partial charge < -0.3 is 20.8 Å². The van der Waals surface area contributed by atoms with E-state index < -0.39 is 18.0 Å². The lowest BCUT2D eigenvalue weighted by atomic mass is 10.2. The number of aliphatic hydroxyl groups is 1. The van der Waals surface area contributed by atoms with Crippen molar-refractivity contribution in [3.8, 4) is 0 Å². The summed E-state index contributed by atoms with van der Waals surface area (Å²) in [5, 5.41) is 22.2. The fourth-order valence-electron chi connectivity index (χ4n) is 1.39. The van der Waals surface area contributed by atoms with Gasteiger partial charge in [-0.3, -0.25) is 0 Å². The van der Waals surface area contributed by atoms with Crippen molar-refractivity contribution in [3.63, 3.8) is 0 Å². The Morgan fingerprint density at radius 2 is 2.06 bits per heavy atom. The maximum absolute atomic E-state index is 11.3. The van der Waals surface area contributed by atoms with Crippen molar-refractivity contribution in [2.45, 2.75) is 31.7 Å². The van der Waals surface area contributed by atoms with Gasteiger partial charge in [-0.1, -0.05) is 12.8 Å². The van der Waals surface area contributed by atoms with E-state index in [1.165, 1.54) is 12.8 Å². The Hall–Kier alpha value is -1.30. The van der Waals surface area contributed by atoms with Gasteiger partial charge in [0.05, 0.1) is 0 Å². The number of carboxylic acids is 1. The molecule has 16 heavy (non-hydrogen) atoms. The molecule has 1 fully saturated rings. The van der Waals surface area contributed by atoms with E-state index in [9.17, 15) is 9.59 Å². The molecular formula is C10H18N2O4. The van der Waals surface area contributed by atoms with Crippen LogP contribution in [0.2, 0.25) is 0 Å². The van der Waals surface area contributed by atoms with E-state index in [0.717, 1.165) is 12.3 Å². The van der Waals surface area contributed by atoms with Crippen LogP contribution >= 0.6 is 0 Å². The van der Waals surface area contributed by atoms with Crippen molar-refractivity contribution in [2.75, 3.05) is 13.2 Å². The average Bonchev–Trinajstić information content (AvgIpc) is 3.01. The average molecular weight is 230 g/mol. The van der Waals surface area contributed by atoms with Crippen LogP contribution in [-0.4, -0.2) is 41.4 Å². The van der Waals surface area contributed by atoms with E-state index in [0.29, 0.717) is 6.54 Å². The van der Waals surface area contributed by atoms with Crippen LogP contribution < -0.4 is 10.6 Å². The molecule has 0 aromatic rings. The van der Waals surface area contributed by atoms with Gasteiger partial charge in [-0.15, -0.1) is 0 Å². The summed E-state index contributed by atoms with van der Waals surface area (Å²) in [5.74, 6) is -0.403. The normalized spacial score (nSPS) is 16.6. The summed E-state index contributed by atoms with van der Waals surface area (Å²) in [7, 11) is 0. The summed E-state index contributed by atoms with van der Waals surface area (Å²) >= 11 is 0. The predicted octanol–water partition coefficient (Wildman–Crippen LogP) is -0.0787. The summed E-state index contributed by atoms with van der Waals surface area (Å²) < 4.78 is 0. The lowest BCUT2D eigenvalue weighted by molar-refractivity contribution is -0.139. The highest BCUT2D eigenvalue weighted by atomic mass is 16.4. The van der Waals surface area contributed by atoms with Gasteiger partial charge in [0.25, 0.3) is 0 Å². The molecule has 6 nitrogen and oxygen atoms in total. The van der Waals surface area contributed by atoms with Crippen molar-refractivity contribution in [1.82, 2.24) is 10.6 Å². The number of hydrogen-bond donors (Lipinski definition) is 4. The van der Waals surface area contributed by atoms with Crippen LogP contribution in [0.25, 0.3) is 0 Å². The largest absolute Gasteiger partial charge is 0.480 e. The summed E-state index contributed by atoms with van der Waals surface area (Å²) in [5.41, 5.74) is 0. The zero-order valence-corrected chi connectivity index (χ0v) is 9.11. The molecule has 0 aliphatic heterocycles. The topological polar surface area (TPSA) is 98.7 Å². The van der Waals surface area contributed by atoms with Gasteiger partial charge in [0.15, 0.2) is 0 Å². The molecule has 0 spiro atoms. The first kappa shape index (κ1) is 12.8. The molecule has 1 atom stereocenters. The van der Waals surface area contributed by atoms with Gasteiger partial charge >= 0.3 is 12.0 Å². The SMILES string of the molecule is O=C(NCCC1CC1)NC(CCO)C(=O)O. The lowest BCUT2D eigenvalue weighted by Crippen LogP contribution is -2.46. The molecule has 0 saturated heterocycles. The highest BCUT2D eigenvalue weighted by Gasteiger charge is 2.22. The molecule has 1 aliphatic carbocycles. The van der Waals surface area contributed by atoms with E-state index >= 15 is 0 Å². The minimum absolute atomic E-state index is 0.0192. The highest BCUT2D eigenvalue weighted by Crippen LogP contribution is 2.31. The van der Waals surface area contributed by atoms with Gasteiger partial charge in [0.2, 0.25) is 0 Å². The first-order valence-corrected chi connectivity index (χ1v) is 5.51. The highest BCUT2D eigenvalue weighted by molar-refractivity contribution is 5.82. The molecular weight excluding hydrogens is 212 g/mol. The molecule has 2 amide bonds. The van der Waals surface area contributed by atoms with Crippen molar-refractivity contribution in [1.29, 1.82) is 0 Å². The Bertz CT molecular complexity index is 253. The number of aliphatic carboxylic acids is 1. The second kappa shape index (κ2) is 6.32. The van der Waals surface area contributed by atoms with Gasteiger partial charge in [0, 0.05) is 19.6 Å². The molecule has 1 rings (SSSR count). The minimum atomic E-state index is -1.13. The number of hydrogen-bond acceptors (Lipinski definition) is 3. The maximum Gasteiger partial charge on any atom is 0.326 e. The van der Waals surface area contributed by atoms with E-state index in [1.54, 1.807) is 0 Å². The third kappa shape index (κ3) is 4.97. The number of carbonyl (C=O) groups is 2. The Kier molecular flexibility index (Phi) is 5.04. The first-order valence-electron chi connectivity index (χ1n) is 5.51. The summed E-state index contributed by atoms with van der Waals surface area (Å²) in [6.45, 7) is 0.307. The van der Waals surface area contributed by atoms with E-state index in [-0.39, 0.29) is 13.0 Å². The molecule has 0 aromatic heterocycles. The lowest BCUT2D eigenvalue weighted by Gasteiger charge is -2.13. The smallest absolute Gasteiger partial charge is 0.326 e. The van der Waals surface area contributed by atoms with Gasteiger partial charge in [-0.2, -0.15) is 0 Å².